The number of rotatable bonds is 4. The molecule has 148 valence electrons. The number of carbonyl (C=O) groups excluding carboxylic acids is 2. The molecule has 0 unspecified atom stereocenters. The number of ketones is 2. The fraction of sp³-hybridized carbons (Fsp3) is 0.227. The number of hydrogen-bond acceptors (Lipinski definition) is 5. The van der Waals surface area contributed by atoms with E-state index in [4.69, 9.17) is 12.2 Å². The second kappa shape index (κ2) is 8.05. The molecule has 1 aliphatic carbocycles. The summed E-state index contributed by atoms with van der Waals surface area (Å²) in [5.41, 5.74) is 3.32. The number of hydrogen-bond donors (Lipinski definition) is 3. The molecule has 6 nitrogen and oxygen atoms in total. The van der Waals surface area contributed by atoms with Gasteiger partial charge in [-0.1, -0.05) is 24.3 Å². The topological polar surface area (TPSA) is 73.5 Å². The van der Waals surface area contributed by atoms with Crippen molar-refractivity contribution in [2.75, 3.05) is 30.8 Å². The maximum Gasteiger partial charge on any atom is 0.212 e. The van der Waals surface area contributed by atoms with Gasteiger partial charge in [0.25, 0.3) is 0 Å². The predicted octanol–water partition coefficient (Wildman–Crippen LogP) is 3.40. The highest BCUT2D eigenvalue weighted by Crippen LogP contribution is 2.31. The molecule has 1 fully saturated rings. The van der Waals surface area contributed by atoms with E-state index in [-0.39, 0.29) is 11.6 Å². The Morgan fingerprint density at radius 1 is 0.897 bits per heavy atom. The summed E-state index contributed by atoms with van der Waals surface area (Å²) in [6.45, 7) is 1.57. The molecule has 2 aliphatic rings. The Hall–Kier alpha value is -3.19. The Morgan fingerprint density at radius 3 is 2.10 bits per heavy atom. The van der Waals surface area contributed by atoms with E-state index in [1.807, 2.05) is 29.2 Å². The molecule has 0 aromatic heterocycles. The molecular formula is C22H22N4O2S. The van der Waals surface area contributed by atoms with Crippen LogP contribution in [0, 0.1) is 0 Å². The number of thiocarbonyl (C=S) groups is 1. The van der Waals surface area contributed by atoms with E-state index >= 15 is 0 Å². The lowest BCUT2D eigenvalue weighted by atomic mass is 9.89. The molecule has 0 saturated carbocycles. The standard InChI is InChI=1S/C22H22N4O2S/c1-23-22(29)25-15-10-8-14(9-11-15)24-18-19(26-12-4-5-13-26)21(28)17-7-3-2-6-16(17)20(18)27/h2-3,6-11,24H,4-5,12-13H2,1H3,(H2,23,25,29). The van der Waals surface area contributed by atoms with Crippen LogP contribution < -0.4 is 16.0 Å². The molecule has 4 rings (SSSR count). The van der Waals surface area contributed by atoms with Crippen molar-refractivity contribution in [1.29, 1.82) is 0 Å². The van der Waals surface area contributed by atoms with Gasteiger partial charge in [-0.15, -0.1) is 0 Å². The molecule has 0 bridgehead atoms. The predicted molar refractivity (Wildman–Crippen MR) is 118 cm³/mol. The smallest absolute Gasteiger partial charge is 0.212 e. The van der Waals surface area contributed by atoms with Gasteiger partial charge in [0.2, 0.25) is 11.6 Å². The molecule has 1 aliphatic heterocycles. The number of allylic oxidation sites excluding steroid dienone is 2. The third-order valence-corrected chi connectivity index (χ3v) is 5.46. The van der Waals surface area contributed by atoms with Crippen LogP contribution >= 0.6 is 12.2 Å². The van der Waals surface area contributed by atoms with Crippen molar-refractivity contribution in [3.05, 3.63) is 71.1 Å². The van der Waals surface area contributed by atoms with Gasteiger partial charge in [0.15, 0.2) is 5.11 Å². The van der Waals surface area contributed by atoms with E-state index in [1.54, 1.807) is 31.3 Å². The van der Waals surface area contributed by atoms with Gasteiger partial charge in [0.1, 0.15) is 11.4 Å². The van der Waals surface area contributed by atoms with Crippen LogP contribution in [0.25, 0.3) is 0 Å². The molecule has 29 heavy (non-hydrogen) atoms. The number of Topliss-reactive ketones (excluding diaryl/α,β-unsaturated/α-hetero) is 2. The van der Waals surface area contributed by atoms with Crippen molar-refractivity contribution in [3.63, 3.8) is 0 Å². The SMILES string of the molecule is CNC(=S)Nc1ccc(NC2=C(N3CCCC3)C(=O)c3ccccc3C2=O)cc1. The van der Waals surface area contributed by atoms with Gasteiger partial charge in [-0.25, -0.2) is 0 Å². The number of anilines is 2. The van der Waals surface area contributed by atoms with E-state index in [1.165, 1.54) is 0 Å². The van der Waals surface area contributed by atoms with Crippen LogP contribution in [0.3, 0.4) is 0 Å². The minimum atomic E-state index is -0.152. The molecular weight excluding hydrogens is 384 g/mol. The van der Waals surface area contributed by atoms with Crippen LogP contribution in [0.15, 0.2) is 59.9 Å². The molecule has 2 aromatic carbocycles. The molecule has 0 spiro atoms. The number of nitrogens with one attached hydrogen (secondary N) is 3. The number of carbonyl (C=O) groups is 2. The highest BCUT2D eigenvalue weighted by Gasteiger charge is 2.36. The van der Waals surface area contributed by atoms with E-state index in [2.05, 4.69) is 16.0 Å². The Kier molecular flexibility index (Phi) is 5.31. The lowest BCUT2D eigenvalue weighted by molar-refractivity contribution is 0.0948. The fourth-order valence-corrected chi connectivity index (χ4v) is 3.81. The maximum absolute atomic E-state index is 13.2. The first kappa shape index (κ1) is 19.1. The van der Waals surface area contributed by atoms with E-state index < -0.39 is 0 Å². The molecule has 1 saturated heterocycles. The molecule has 0 amide bonds. The van der Waals surface area contributed by atoms with E-state index in [0.717, 1.165) is 37.3 Å². The number of benzene rings is 2. The van der Waals surface area contributed by atoms with Gasteiger partial charge >= 0.3 is 0 Å². The average Bonchev–Trinajstić information content (AvgIpc) is 3.27. The van der Waals surface area contributed by atoms with Gasteiger partial charge in [-0.3, -0.25) is 9.59 Å². The summed E-state index contributed by atoms with van der Waals surface area (Å²) in [6, 6.07) is 14.5. The Labute approximate surface area is 175 Å². The second-order valence-corrected chi connectivity index (χ2v) is 7.44. The molecule has 0 radical (unpaired) electrons. The lowest BCUT2D eigenvalue weighted by Crippen LogP contribution is -2.35. The second-order valence-electron chi connectivity index (χ2n) is 7.03. The van der Waals surface area contributed by atoms with Gasteiger partial charge in [-0.05, 0) is 49.3 Å². The lowest BCUT2D eigenvalue weighted by Gasteiger charge is -2.28. The summed E-state index contributed by atoms with van der Waals surface area (Å²) in [4.78, 5) is 28.5. The zero-order valence-corrected chi connectivity index (χ0v) is 16.9. The van der Waals surface area contributed by atoms with E-state index in [0.29, 0.717) is 27.6 Å². The first-order valence-electron chi connectivity index (χ1n) is 9.62. The molecule has 7 heteroatoms. The summed E-state index contributed by atoms with van der Waals surface area (Å²) < 4.78 is 0. The van der Waals surface area contributed by atoms with Crippen molar-refractivity contribution in [1.82, 2.24) is 10.2 Å². The number of nitrogens with zero attached hydrogens (tertiary/aromatic N) is 1. The van der Waals surface area contributed by atoms with Crippen molar-refractivity contribution >= 4 is 40.3 Å². The monoisotopic (exact) mass is 406 g/mol. The summed E-state index contributed by atoms with van der Waals surface area (Å²) in [7, 11) is 1.75. The van der Waals surface area contributed by atoms with Crippen LogP contribution in [0.5, 0.6) is 0 Å². The van der Waals surface area contributed by atoms with Crippen molar-refractivity contribution in [3.8, 4) is 0 Å². The Morgan fingerprint density at radius 2 is 1.48 bits per heavy atom. The van der Waals surface area contributed by atoms with Crippen molar-refractivity contribution in [2.24, 2.45) is 0 Å². The average molecular weight is 407 g/mol. The van der Waals surface area contributed by atoms with Crippen molar-refractivity contribution < 1.29 is 9.59 Å². The first-order valence-corrected chi connectivity index (χ1v) is 10.0. The first-order chi connectivity index (χ1) is 14.1. The van der Waals surface area contributed by atoms with Gasteiger partial charge < -0.3 is 20.9 Å². The summed E-state index contributed by atoms with van der Waals surface area (Å²) in [5.74, 6) is -0.247. The van der Waals surface area contributed by atoms with Crippen LogP contribution in [-0.4, -0.2) is 41.7 Å². The molecule has 0 atom stereocenters. The Bertz CT molecular complexity index is 1010. The normalized spacial score (nSPS) is 16.0. The number of likely N-dealkylation sites (tertiary alicyclic amines) is 1. The minimum absolute atomic E-state index is 0.0951. The maximum atomic E-state index is 13.2. The van der Waals surface area contributed by atoms with E-state index in [9.17, 15) is 9.59 Å². The summed E-state index contributed by atoms with van der Waals surface area (Å²) >= 11 is 5.11. The molecule has 1 heterocycles. The molecule has 2 aromatic rings. The third kappa shape index (κ3) is 3.73. The summed E-state index contributed by atoms with van der Waals surface area (Å²) in [5, 5.41) is 9.65. The third-order valence-electron chi connectivity index (χ3n) is 5.16. The van der Waals surface area contributed by atoms with Crippen LogP contribution in [0.2, 0.25) is 0 Å². The van der Waals surface area contributed by atoms with Gasteiger partial charge in [0.05, 0.1) is 0 Å². The Balaban J connectivity index is 1.68. The van der Waals surface area contributed by atoms with Crippen LogP contribution in [-0.2, 0) is 0 Å². The highest BCUT2D eigenvalue weighted by atomic mass is 32.1. The highest BCUT2D eigenvalue weighted by molar-refractivity contribution is 7.80. The van der Waals surface area contributed by atoms with Crippen LogP contribution in [0.1, 0.15) is 33.6 Å². The van der Waals surface area contributed by atoms with Crippen molar-refractivity contribution in [2.45, 2.75) is 12.8 Å². The summed E-state index contributed by atoms with van der Waals surface area (Å²) in [6.07, 6.45) is 2.04. The number of fused-ring (bicyclic) bond motifs is 1. The van der Waals surface area contributed by atoms with Crippen LogP contribution in [0.4, 0.5) is 11.4 Å². The quantitative estimate of drug-likeness (QED) is 0.672. The minimum Gasteiger partial charge on any atom is -0.367 e. The molecule has 3 N–H and O–H groups in total. The fourth-order valence-electron chi connectivity index (χ4n) is 3.70. The zero-order chi connectivity index (χ0) is 20.4. The zero-order valence-electron chi connectivity index (χ0n) is 16.1. The largest absolute Gasteiger partial charge is 0.367 e. The van der Waals surface area contributed by atoms with Gasteiger partial charge in [-0.2, -0.15) is 0 Å². The van der Waals surface area contributed by atoms with Gasteiger partial charge in [0, 0.05) is 42.6 Å².